The summed E-state index contributed by atoms with van der Waals surface area (Å²) in [5.41, 5.74) is 5.88. The zero-order valence-electron chi connectivity index (χ0n) is 16.2. The lowest BCUT2D eigenvalue weighted by Gasteiger charge is -2.17. The third-order valence-electron chi connectivity index (χ3n) is 5.86. The van der Waals surface area contributed by atoms with Gasteiger partial charge in [0.05, 0.1) is 21.7 Å². The van der Waals surface area contributed by atoms with Crippen molar-refractivity contribution in [1.29, 1.82) is 0 Å². The molecule has 1 nitrogen and oxygen atoms in total. The van der Waals surface area contributed by atoms with E-state index in [4.69, 9.17) is 11.6 Å². The van der Waals surface area contributed by atoms with Gasteiger partial charge in [-0.05, 0) is 40.6 Å². The number of hydrogen-bond acceptors (Lipinski definition) is 0. The molecule has 2 heteroatoms. The Kier molecular flexibility index (Phi) is 3.90. The molecule has 6 rings (SSSR count). The number of hydrogen-bond donors (Lipinski definition) is 0. The van der Waals surface area contributed by atoms with Crippen LogP contribution in [-0.2, 0) is 0 Å². The van der Waals surface area contributed by atoms with Crippen LogP contribution in [0.15, 0.2) is 109 Å². The SMILES string of the molecule is Clc1cccc2c1c1ccccc1n2-c1ccc2ccccc2c1-c1ccccc1. The fourth-order valence-corrected chi connectivity index (χ4v) is 4.86. The first-order valence-electron chi connectivity index (χ1n) is 10.1. The van der Waals surface area contributed by atoms with Gasteiger partial charge in [-0.25, -0.2) is 0 Å². The predicted molar refractivity (Wildman–Crippen MR) is 129 cm³/mol. The smallest absolute Gasteiger partial charge is 0.0556 e. The lowest BCUT2D eigenvalue weighted by molar-refractivity contribution is 1.19. The van der Waals surface area contributed by atoms with E-state index in [0.29, 0.717) is 0 Å². The van der Waals surface area contributed by atoms with Crippen LogP contribution in [0.2, 0.25) is 5.02 Å². The second-order valence-electron chi connectivity index (χ2n) is 7.53. The zero-order valence-corrected chi connectivity index (χ0v) is 17.0. The summed E-state index contributed by atoms with van der Waals surface area (Å²) in [6.45, 7) is 0. The van der Waals surface area contributed by atoms with Gasteiger partial charge in [0.1, 0.15) is 0 Å². The topological polar surface area (TPSA) is 4.93 Å². The molecule has 0 aliphatic rings. The maximum atomic E-state index is 6.68. The fraction of sp³-hybridized carbons (Fsp3) is 0. The molecule has 0 aliphatic carbocycles. The molecule has 0 bridgehead atoms. The lowest BCUT2D eigenvalue weighted by atomic mass is 9.96. The van der Waals surface area contributed by atoms with E-state index in [1.54, 1.807) is 0 Å². The molecule has 1 heterocycles. The van der Waals surface area contributed by atoms with Crippen molar-refractivity contribution in [2.45, 2.75) is 0 Å². The third kappa shape index (κ3) is 2.49. The van der Waals surface area contributed by atoms with Gasteiger partial charge in [0.15, 0.2) is 0 Å². The Morgan fingerprint density at radius 2 is 1.23 bits per heavy atom. The van der Waals surface area contributed by atoms with Gasteiger partial charge in [-0.15, -0.1) is 0 Å². The molecule has 5 aromatic carbocycles. The fourth-order valence-electron chi connectivity index (χ4n) is 4.59. The van der Waals surface area contributed by atoms with Crippen LogP contribution in [0.1, 0.15) is 0 Å². The molecular formula is C28H18ClN. The van der Waals surface area contributed by atoms with Gasteiger partial charge in [-0.1, -0.05) is 96.5 Å². The van der Waals surface area contributed by atoms with Crippen molar-refractivity contribution in [1.82, 2.24) is 4.57 Å². The second kappa shape index (κ2) is 6.76. The van der Waals surface area contributed by atoms with Crippen molar-refractivity contribution in [3.8, 4) is 16.8 Å². The van der Waals surface area contributed by atoms with E-state index >= 15 is 0 Å². The van der Waals surface area contributed by atoms with Gasteiger partial charge in [0.2, 0.25) is 0 Å². The summed E-state index contributed by atoms with van der Waals surface area (Å²) in [6, 6.07) is 38.3. The van der Waals surface area contributed by atoms with Crippen LogP contribution in [0.25, 0.3) is 49.4 Å². The number of rotatable bonds is 2. The monoisotopic (exact) mass is 403 g/mol. The maximum Gasteiger partial charge on any atom is 0.0556 e. The van der Waals surface area contributed by atoms with Gasteiger partial charge in [-0.3, -0.25) is 0 Å². The summed E-state index contributed by atoms with van der Waals surface area (Å²) in [5.74, 6) is 0. The van der Waals surface area contributed by atoms with Crippen molar-refractivity contribution in [2.75, 3.05) is 0 Å². The summed E-state index contributed by atoms with van der Waals surface area (Å²) in [6.07, 6.45) is 0. The highest BCUT2D eigenvalue weighted by Crippen LogP contribution is 2.41. The first-order chi connectivity index (χ1) is 14.8. The molecule has 0 N–H and O–H groups in total. The zero-order chi connectivity index (χ0) is 20.1. The summed E-state index contributed by atoms with van der Waals surface area (Å²) < 4.78 is 2.35. The molecule has 0 amide bonds. The number of fused-ring (bicyclic) bond motifs is 4. The van der Waals surface area contributed by atoms with Gasteiger partial charge < -0.3 is 4.57 Å². The molecule has 0 spiro atoms. The Hall–Kier alpha value is -3.55. The molecule has 0 aliphatic heterocycles. The molecule has 30 heavy (non-hydrogen) atoms. The molecule has 0 saturated carbocycles. The van der Waals surface area contributed by atoms with Gasteiger partial charge in [-0.2, -0.15) is 0 Å². The van der Waals surface area contributed by atoms with Crippen LogP contribution < -0.4 is 0 Å². The Morgan fingerprint density at radius 1 is 0.533 bits per heavy atom. The lowest BCUT2D eigenvalue weighted by Crippen LogP contribution is -1.98. The second-order valence-corrected chi connectivity index (χ2v) is 7.94. The summed E-state index contributed by atoms with van der Waals surface area (Å²) in [4.78, 5) is 0. The third-order valence-corrected chi connectivity index (χ3v) is 6.17. The van der Waals surface area contributed by atoms with Crippen LogP contribution in [0.4, 0.5) is 0 Å². The van der Waals surface area contributed by atoms with Crippen LogP contribution in [0.3, 0.4) is 0 Å². The van der Waals surface area contributed by atoms with E-state index in [-0.39, 0.29) is 0 Å². The number of aromatic nitrogens is 1. The van der Waals surface area contributed by atoms with E-state index in [0.717, 1.165) is 27.1 Å². The van der Waals surface area contributed by atoms with E-state index in [1.165, 1.54) is 27.3 Å². The molecule has 6 aromatic rings. The molecule has 0 unspecified atom stereocenters. The van der Waals surface area contributed by atoms with Crippen molar-refractivity contribution in [3.05, 3.63) is 114 Å². The van der Waals surface area contributed by atoms with E-state index in [2.05, 4.69) is 102 Å². The van der Waals surface area contributed by atoms with Crippen LogP contribution in [0, 0.1) is 0 Å². The van der Waals surface area contributed by atoms with Crippen LogP contribution in [-0.4, -0.2) is 4.57 Å². The van der Waals surface area contributed by atoms with Crippen LogP contribution in [0.5, 0.6) is 0 Å². The first-order valence-corrected chi connectivity index (χ1v) is 10.5. The van der Waals surface area contributed by atoms with Crippen molar-refractivity contribution in [3.63, 3.8) is 0 Å². The van der Waals surface area contributed by atoms with Crippen LogP contribution >= 0.6 is 11.6 Å². The number of benzene rings is 5. The van der Waals surface area contributed by atoms with Gasteiger partial charge in [0.25, 0.3) is 0 Å². The minimum absolute atomic E-state index is 0.782. The Morgan fingerprint density at radius 3 is 2.10 bits per heavy atom. The highest BCUT2D eigenvalue weighted by atomic mass is 35.5. The minimum atomic E-state index is 0.782. The maximum absolute atomic E-state index is 6.68. The molecule has 1 aromatic heterocycles. The van der Waals surface area contributed by atoms with Crippen molar-refractivity contribution < 1.29 is 0 Å². The van der Waals surface area contributed by atoms with Crippen molar-refractivity contribution in [2.24, 2.45) is 0 Å². The average molecular weight is 404 g/mol. The van der Waals surface area contributed by atoms with Gasteiger partial charge in [0, 0.05) is 16.3 Å². The highest BCUT2D eigenvalue weighted by molar-refractivity contribution is 6.38. The predicted octanol–water partition coefficient (Wildman–Crippen LogP) is 8.26. The van der Waals surface area contributed by atoms with Crippen molar-refractivity contribution >= 4 is 44.2 Å². The highest BCUT2D eigenvalue weighted by Gasteiger charge is 2.18. The normalized spacial score (nSPS) is 11.5. The van der Waals surface area contributed by atoms with Gasteiger partial charge >= 0.3 is 0 Å². The number of para-hydroxylation sites is 1. The van der Waals surface area contributed by atoms with E-state index < -0.39 is 0 Å². The molecule has 0 radical (unpaired) electrons. The summed E-state index contributed by atoms with van der Waals surface area (Å²) in [5, 5.41) is 5.53. The largest absolute Gasteiger partial charge is 0.309 e. The molecule has 142 valence electrons. The summed E-state index contributed by atoms with van der Waals surface area (Å²) in [7, 11) is 0. The Balaban J connectivity index is 1.83. The van der Waals surface area contributed by atoms with E-state index in [1.807, 2.05) is 12.1 Å². The standard InChI is InChI=1S/C28H18ClN/c29-23-14-8-16-25-28(23)22-13-6-7-15-24(22)30(25)26-18-17-19-9-4-5-12-21(19)27(26)20-10-2-1-3-11-20/h1-18H. The Bertz CT molecular complexity index is 1540. The molecule has 0 saturated heterocycles. The first kappa shape index (κ1) is 17.3. The minimum Gasteiger partial charge on any atom is -0.309 e. The van der Waals surface area contributed by atoms with E-state index in [9.17, 15) is 0 Å². The quantitative estimate of drug-likeness (QED) is 0.274. The summed E-state index contributed by atoms with van der Waals surface area (Å²) >= 11 is 6.68. The molecule has 0 fully saturated rings. The number of halogens is 1. The number of nitrogens with zero attached hydrogens (tertiary/aromatic N) is 1. The molecular weight excluding hydrogens is 386 g/mol. The average Bonchev–Trinajstić information content (AvgIpc) is 3.14. The Labute approximate surface area is 179 Å². The molecule has 0 atom stereocenters.